The standard InChI is InChI=1S/C26H26N4OS/c1-19-25(28-26(32)27-17-21-10-5-3-6-11-21)20(2)30(29-19)18-22-12-9-15-24(16-22)31-23-13-7-4-8-14-23/h3-16H,17-18H2,1-2H3,(H2,27,28,32). The van der Waals surface area contributed by atoms with Gasteiger partial charge in [-0.25, -0.2) is 0 Å². The van der Waals surface area contributed by atoms with Gasteiger partial charge in [0.05, 0.1) is 23.6 Å². The third-order valence-electron chi connectivity index (χ3n) is 5.13. The van der Waals surface area contributed by atoms with Crippen molar-refractivity contribution in [3.8, 4) is 11.5 Å². The fourth-order valence-corrected chi connectivity index (χ4v) is 3.65. The second-order valence-electron chi connectivity index (χ2n) is 7.56. The van der Waals surface area contributed by atoms with Gasteiger partial charge in [0.1, 0.15) is 11.5 Å². The van der Waals surface area contributed by atoms with E-state index in [4.69, 9.17) is 22.1 Å². The number of anilines is 1. The summed E-state index contributed by atoms with van der Waals surface area (Å²) in [5.74, 6) is 1.62. The average molecular weight is 443 g/mol. The lowest BCUT2D eigenvalue weighted by atomic mass is 10.2. The molecule has 4 rings (SSSR count). The summed E-state index contributed by atoms with van der Waals surface area (Å²) in [6.45, 7) is 5.35. The molecule has 0 radical (unpaired) electrons. The van der Waals surface area contributed by atoms with Gasteiger partial charge >= 0.3 is 0 Å². The molecule has 1 aromatic heterocycles. The van der Waals surface area contributed by atoms with Crippen LogP contribution in [0.25, 0.3) is 0 Å². The Labute approximate surface area is 194 Å². The summed E-state index contributed by atoms with van der Waals surface area (Å²) in [7, 11) is 0. The maximum absolute atomic E-state index is 5.96. The van der Waals surface area contributed by atoms with Crippen molar-refractivity contribution < 1.29 is 4.74 Å². The van der Waals surface area contributed by atoms with E-state index in [0.29, 0.717) is 18.2 Å². The lowest BCUT2D eigenvalue weighted by Gasteiger charge is -2.12. The Morgan fingerprint density at radius 3 is 2.28 bits per heavy atom. The van der Waals surface area contributed by atoms with Crippen molar-refractivity contribution in [3.05, 3.63) is 107 Å². The van der Waals surface area contributed by atoms with E-state index in [-0.39, 0.29) is 0 Å². The molecule has 0 fully saturated rings. The van der Waals surface area contributed by atoms with Gasteiger partial charge in [-0.3, -0.25) is 4.68 Å². The quantitative estimate of drug-likeness (QED) is 0.353. The second kappa shape index (κ2) is 10.1. The minimum Gasteiger partial charge on any atom is -0.457 e. The predicted octanol–water partition coefficient (Wildman–Crippen LogP) is 5.83. The molecule has 0 aliphatic rings. The first-order valence-electron chi connectivity index (χ1n) is 10.5. The van der Waals surface area contributed by atoms with E-state index in [1.54, 1.807) is 0 Å². The van der Waals surface area contributed by atoms with Gasteiger partial charge in [0.15, 0.2) is 5.11 Å². The maximum Gasteiger partial charge on any atom is 0.171 e. The number of aromatic nitrogens is 2. The SMILES string of the molecule is Cc1nn(Cc2cccc(Oc3ccccc3)c2)c(C)c1NC(=S)NCc1ccccc1. The molecule has 0 aliphatic carbocycles. The number of nitrogens with zero attached hydrogens (tertiary/aromatic N) is 2. The van der Waals surface area contributed by atoms with E-state index >= 15 is 0 Å². The third kappa shape index (κ3) is 5.53. The van der Waals surface area contributed by atoms with Crippen molar-refractivity contribution >= 4 is 23.0 Å². The van der Waals surface area contributed by atoms with Crippen LogP contribution in [-0.2, 0) is 13.1 Å². The number of rotatable bonds is 7. The molecular weight excluding hydrogens is 416 g/mol. The van der Waals surface area contributed by atoms with E-state index in [9.17, 15) is 0 Å². The average Bonchev–Trinajstić information content (AvgIpc) is 3.06. The normalized spacial score (nSPS) is 10.6. The van der Waals surface area contributed by atoms with E-state index in [1.807, 2.05) is 85.3 Å². The molecule has 2 N–H and O–H groups in total. The first-order chi connectivity index (χ1) is 15.6. The molecule has 0 saturated carbocycles. The van der Waals surface area contributed by atoms with Crippen LogP contribution >= 0.6 is 12.2 Å². The predicted molar refractivity (Wildman–Crippen MR) is 133 cm³/mol. The van der Waals surface area contributed by atoms with Crippen LogP contribution in [0.5, 0.6) is 11.5 Å². The number of para-hydroxylation sites is 1. The minimum atomic E-state index is 0.581. The van der Waals surface area contributed by atoms with Gasteiger partial charge in [-0.2, -0.15) is 5.10 Å². The van der Waals surface area contributed by atoms with Crippen LogP contribution in [0.2, 0.25) is 0 Å². The summed E-state index contributed by atoms with van der Waals surface area (Å²) in [5.41, 5.74) is 5.16. The van der Waals surface area contributed by atoms with Crippen LogP contribution in [0.15, 0.2) is 84.9 Å². The van der Waals surface area contributed by atoms with Crippen LogP contribution in [0.1, 0.15) is 22.5 Å². The van der Waals surface area contributed by atoms with Crippen LogP contribution < -0.4 is 15.4 Å². The number of benzene rings is 3. The van der Waals surface area contributed by atoms with E-state index in [1.165, 1.54) is 5.56 Å². The maximum atomic E-state index is 5.96. The zero-order valence-electron chi connectivity index (χ0n) is 18.2. The summed E-state index contributed by atoms with van der Waals surface area (Å²) < 4.78 is 7.95. The molecule has 162 valence electrons. The van der Waals surface area contributed by atoms with Crippen LogP contribution in [0.4, 0.5) is 5.69 Å². The second-order valence-corrected chi connectivity index (χ2v) is 7.97. The van der Waals surface area contributed by atoms with Crippen molar-refractivity contribution in [1.29, 1.82) is 0 Å². The Morgan fingerprint density at radius 1 is 0.875 bits per heavy atom. The molecule has 0 bridgehead atoms. The molecule has 5 nitrogen and oxygen atoms in total. The number of ether oxygens (including phenoxy) is 1. The molecule has 3 aromatic carbocycles. The molecule has 0 aliphatic heterocycles. The molecule has 0 amide bonds. The summed E-state index contributed by atoms with van der Waals surface area (Å²) in [5, 5.41) is 11.9. The molecule has 0 spiro atoms. The van der Waals surface area contributed by atoms with Crippen LogP contribution in [0.3, 0.4) is 0 Å². The molecule has 6 heteroatoms. The van der Waals surface area contributed by atoms with Crippen molar-refractivity contribution in [1.82, 2.24) is 15.1 Å². The summed E-state index contributed by atoms with van der Waals surface area (Å²) in [4.78, 5) is 0. The Hall–Kier alpha value is -3.64. The number of aryl methyl sites for hydroxylation is 1. The highest BCUT2D eigenvalue weighted by molar-refractivity contribution is 7.80. The van der Waals surface area contributed by atoms with Crippen molar-refractivity contribution in [2.45, 2.75) is 26.9 Å². The lowest BCUT2D eigenvalue weighted by molar-refractivity contribution is 0.481. The van der Waals surface area contributed by atoms with Crippen LogP contribution in [0, 0.1) is 13.8 Å². The van der Waals surface area contributed by atoms with E-state index in [0.717, 1.165) is 34.1 Å². The van der Waals surface area contributed by atoms with Gasteiger partial charge < -0.3 is 15.4 Å². The molecular formula is C26H26N4OS. The van der Waals surface area contributed by atoms with Crippen molar-refractivity contribution in [2.75, 3.05) is 5.32 Å². The molecule has 0 saturated heterocycles. The lowest BCUT2D eigenvalue weighted by Crippen LogP contribution is -2.28. The number of nitrogens with one attached hydrogen (secondary N) is 2. The summed E-state index contributed by atoms with van der Waals surface area (Å²) in [6.07, 6.45) is 0. The zero-order chi connectivity index (χ0) is 22.3. The highest BCUT2D eigenvalue weighted by Gasteiger charge is 2.13. The monoisotopic (exact) mass is 442 g/mol. The molecule has 1 heterocycles. The third-order valence-corrected chi connectivity index (χ3v) is 5.37. The Bertz CT molecular complexity index is 1190. The fourth-order valence-electron chi connectivity index (χ4n) is 3.47. The molecule has 32 heavy (non-hydrogen) atoms. The number of hydrogen-bond acceptors (Lipinski definition) is 3. The Morgan fingerprint density at radius 2 is 1.53 bits per heavy atom. The topological polar surface area (TPSA) is 51.1 Å². The largest absolute Gasteiger partial charge is 0.457 e. The molecule has 0 unspecified atom stereocenters. The van der Waals surface area contributed by atoms with Crippen molar-refractivity contribution in [2.24, 2.45) is 0 Å². The van der Waals surface area contributed by atoms with Gasteiger partial charge in [0.25, 0.3) is 0 Å². The summed E-state index contributed by atoms with van der Waals surface area (Å²) >= 11 is 5.50. The number of thiocarbonyl (C=S) groups is 1. The van der Waals surface area contributed by atoms with Crippen LogP contribution in [-0.4, -0.2) is 14.9 Å². The Balaban J connectivity index is 1.41. The van der Waals surface area contributed by atoms with Gasteiger partial charge in [0, 0.05) is 6.54 Å². The fraction of sp³-hybridized carbons (Fsp3) is 0.154. The highest BCUT2D eigenvalue weighted by Crippen LogP contribution is 2.24. The van der Waals surface area contributed by atoms with Gasteiger partial charge in [0.2, 0.25) is 0 Å². The molecule has 4 aromatic rings. The smallest absolute Gasteiger partial charge is 0.171 e. The Kier molecular flexibility index (Phi) is 6.82. The zero-order valence-corrected chi connectivity index (χ0v) is 19.0. The van der Waals surface area contributed by atoms with Gasteiger partial charge in [-0.1, -0.05) is 60.7 Å². The van der Waals surface area contributed by atoms with Gasteiger partial charge in [-0.05, 0) is 61.5 Å². The first kappa shape index (κ1) is 21.6. The summed E-state index contributed by atoms with van der Waals surface area (Å²) in [6, 6.07) is 28.0. The highest BCUT2D eigenvalue weighted by atomic mass is 32.1. The van der Waals surface area contributed by atoms with Crippen molar-refractivity contribution in [3.63, 3.8) is 0 Å². The number of hydrogen-bond donors (Lipinski definition) is 2. The van der Waals surface area contributed by atoms with E-state index < -0.39 is 0 Å². The van der Waals surface area contributed by atoms with Gasteiger partial charge in [-0.15, -0.1) is 0 Å². The minimum absolute atomic E-state index is 0.581. The first-order valence-corrected chi connectivity index (χ1v) is 10.9. The molecule has 0 atom stereocenters. The van der Waals surface area contributed by atoms with E-state index in [2.05, 4.69) is 28.8 Å².